The number of hydrogen-bond acceptors (Lipinski definition) is 4. The molecule has 0 saturated heterocycles. The van der Waals surface area contributed by atoms with Crippen LogP contribution in [0.1, 0.15) is 51.4 Å². The van der Waals surface area contributed by atoms with E-state index < -0.39 is 11.6 Å². The molecule has 1 rings (SSSR count). The molecule has 1 aromatic carbocycles. The van der Waals surface area contributed by atoms with Crippen molar-refractivity contribution in [2.45, 2.75) is 52.7 Å². The molecule has 0 radical (unpaired) electrons. The average molecular weight is 320 g/mol. The van der Waals surface area contributed by atoms with Gasteiger partial charge in [-0.25, -0.2) is 4.79 Å². The third-order valence-electron chi connectivity index (χ3n) is 2.80. The Hall–Kier alpha value is -2.37. The summed E-state index contributed by atoms with van der Waals surface area (Å²) >= 11 is 0. The summed E-state index contributed by atoms with van der Waals surface area (Å²) in [6.45, 7) is 8.55. The summed E-state index contributed by atoms with van der Waals surface area (Å²) in [5.74, 6) is -0.448. The van der Waals surface area contributed by atoms with Gasteiger partial charge in [0, 0.05) is 17.3 Å². The molecule has 1 aromatic rings. The second-order valence-corrected chi connectivity index (χ2v) is 6.43. The summed E-state index contributed by atoms with van der Waals surface area (Å²) in [5, 5.41) is 5.29. The Morgan fingerprint density at radius 1 is 1.22 bits per heavy atom. The van der Waals surface area contributed by atoms with Gasteiger partial charge in [-0.05, 0) is 46.8 Å². The zero-order valence-electron chi connectivity index (χ0n) is 14.2. The quantitative estimate of drug-likeness (QED) is 0.645. The molecule has 0 aromatic heterocycles. The Kier molecular flexibility index (Phi) is 6.30. The summed E-state index contributed by atoms with van der Waals surface area (Å²) in [6.07, 6.45) is 0.0815. The number of nitrogens with one attached hydrogen (secondary N) is 2. The minimum Gasteiger partial charge on any atom is -0.460 e. The lowest BCUT2D eigenvalue weighted by atomic mass is 10.1. The molecule has 0 aliphatic rings. The summed E-state index contributed by atoms with van der Waals surface area (Å²) in [6, 6.07) is 5.83. The first kappa shape index (κ1) is 18.7. The Bertz CT molecular complexity index is 591. The van der Waals surface area contributed by atoms with Gasteiger partial charge in [-0.3, -0.25) is 9.59 Å². The van der Waals surface area contributed by atoms with Gasteiger partial charge in [0.05, 0.1) is 6.42 Å². The standard InChI is InChI=1S/C17H24N2O4/c1-11(9-15(21)23-17(3,4)5)18-16(22)19-14-8-6-7-13(10-14)12(2)20/h6-8,10-11H,9H2,1-5H3,(H2,18,19,22). The number of benzene rings is 1. The van der Waals surface area contributed by atoms with Gasteiger partial charge in [-0.2, -0.15) is 0 Å². The van der Waals surface area contributed by atoms with E-state index >= 15 is 0 Å². The van der Waals surface area contributed by atoms with Crippen molar-refractivity contribution < 1.29 is 19.1 Å². The van der Waals surface area contributed by atoms with Crippen LogP contribution in [0.15, 0.2) is 24.3 Å². The molecular weight excluding hydrogens is 296 g/mol. The molecule has 0 fully saturated rings. The van der Waals surface area contributed by atoms with Crippen molar-refractivity contribution in [2.24, 2.45) is 0 Å². The highest BCUT2D eigenvalue weighted by Gasteiger charge is 2.19. The summed E-state index contributed by atoms with van der Waals surface area (Å²) in [4.78, 5) is 34.9. The van der Waals surface area contributed by atoms with Crippen LogP contribution >= 0.6 is 0 Å². The molecule has 23 heavy (non-hydrogen) atoms. The first-order valence-corrected chi connectivity index (χ1v) is 7.47. The van der Waals surface area contributed by atoms with Gasteiger partial charge in [0.15, 0.2) is 5.78 Å². The highest BCUT2D eigenvalue weighted by atomic mass is 16.6. The maximum Gasteiger partial charge on any atom is 0.319 e. The van der Waals surface area contributed by atoms with E-state index in [0.717, 1.165) is 0 Å². The molecule has 0 spiro atoms. The average Bonchev–Trinajstić information content (AvgIpc) is 2.35. The van der Waals surface area contributed by atoms with E-state index in [1.54, 1.807) is 52.0 Å². The second kappa shape index (κ2) is 7.76. The molecule has 0 bridgehead atoms. The van der Waals surface area contributed by atoms with Gasteiger partial charge in [-0.15, -0.1) is 0 Å². The minimum absolute atomic E-state index is 0.0765. The molecule has 126 valence electrons. The molecule has 0 aliphatic carbocycles. The third-order valence-corrected chi connectivity index (χ3v) is 2.80. The molecule has 0 aliphatic heterocycles. The molecule has 0 heterocycles. The predicted octanol–water partition coefficient (Wildman–Crippen LogP) is 3.13. The van der Waals surface area contributed by atoms with E-state index in [1.165, 1.54) is 6.92 Å². The van der Waals surface area contributed by atoms with Crippen LogP contribution < -0.4 is 10.6 Å². The fourth-order valence-electron chi connectivity index (χ4n) is 1.89. The fraction of sp³-hybridized carbons (Fsp3) is 0.471. The first-order valence-electron chi connectivity index (χ1n) is 7.47. The number of carbonyl (C=O) groups is 3. The molecule has 1 unspecified atom stereocenters. The normalized spacial score (nSPS) is 12.2. The molecule has 1 atom stereocenters. The Morgan fingerprint density at radius 3 is 2.43 bits per heavy atom. The number of ether oxygens (including phenoxy) is 1. The predicted molar refractivity (Wildman–Crippen MR) is 88.5 cm³/mol. The number of esters is 1. The summed E-state index contributed by atoms with van der Waals surface area (Å²) in [5.41, 5.74) is 0.482. The van der Waals surface area contributed by atoms with Gasteiger partial charge >= 0.3 is 12.0 Å². The van der Waals surface area contributed by atoms with Crippen molar-refractivity contribution in [1.29, 1.82) is 0 Å². The van der Waals surface area contributed by atoms with Crippen molar-refractivity contribution in [2.75, 3.05) is 5.32 Å². The summed E-state index contributed by atoms with van der Waals surface area (Å²) in [7, 11) is 0. The summed E-state index contributed by atoms with van der Waals surface area (Å²) < 4.78 is 5.20. The van der Waals surface area contributed by atoms with Gasteiger partial charge in [0.1, 0.15) is 5.60 Å². The van der Waals surface area contributed by atoms with Crippen molar-refractivity contribution in [3.8, 4) is 0 Å². The van der Waals surface area contributed by atoms with E-state index in [-0.39, 0.29) is 24.2 Å². The fourth-order valence-corrected chi connectivity index (χ4v) is 1.89. The van der Waals surface area contributed by atoms with Crippen LogP contribution in [0.5, 0.6) is 0 Å². The van der Waals surface area contributed by atoms with Crippen LogP contribution in [0, 0.1) is 0 Å². The molecular formula is C17H24N2O4. The van der Waals surface area contributed by atoms with Gasteiger partial charge < -0.3 is 15.4 Å². The monoisotopic (exact) mass is 320 g/mol. The maximum absolute atomic E-state index is 11.9. The van der Waals surface area contributed by atoms with Crippen LogP contribution in [0.2, 0.25) is 0 Å². The third kappa shape index (κ3) is 7.44. The van der Waals surface area contributed by atoms with Gasteiger partial charge in [0.25, 0.3) is 0 Å². The lowest BCUT2D eigenvalue weighted by Gasteiger charge is -2.21. The Labute approximate surface area is 136 Å². The second-order valence-electron chi connectivity index (χ2n) is 6.43. The van der Waals surface area contributed by atoms with Crippen molar-refractivity contribution in [3.63, 3.8) is 0 Å². The van der Waals surface area contributed by atoms with E-state index in [2.05, 4.69) is 10.6 Å². The van der Waals surface area contributed by atoms with Gasteiger partial charge in [0.2, 0.25) is 0 Å². The molecule has 6 heteroatoms. The number of hydrogen-bond donors (Lipinski definition) is 2. The molecule has 6 nitrogen and oxygen atoms in total. The molecule has 2 amide bonds. The van der Waals surface area contributed by atoms with Crippen LogP contribution in [0.3, 0.4) is 0 Å². The molecule has 0 saturated carbocycles. The minimum atomic E-state index is -0.549. The maximum atomic E-state index is 11.9. The topological polar surface area (TPSA) is 84.5 Å². The van der Waals surface area contributed by atoms with Crippen molar-refractivity contribution in [1.82, 2.24) is 5.32 Å². The lowest BCUT2D eigenvalue weighted by Crippen LogP contribution is -2.38. The number of carbonyl (C=O) groups excluding carboxylic acids is 3. The zero-order chi connectivity index (χ0) is 17.6. The Balaban J connectivity index is 2.51. The van der Waals surface area contributed by atoms with Crippen LogP contribution in [0.25, 0.3) is 0 Å². The van der Waals surface area contributed by atoms with E-state index in [4.69, 9.17) is 4.74 Å². The van der Waals surface area contributed by atoms with Crippen molar-refractivity contribution >= 4 is 23.5 Å². The number of anilines is 1. The largest absolute Gasteiger partial charge is 0.460 e. The Morgan fingerprint density at radius 2 is 1.87 bits per heavy atom. The number of Topliss-reactive ketones (excluding diaryl/α,β-unsaturated/α-hetero) is 1. The zero-order valence-corrected chi connectivity index (χ0v) is 14.2. The van der Waals surface area contributed by atoms with E-state index in [0.29, 0.717) is 11.3 Å². The molecule has 2 N–H and O–H groups in total. The number of urea groups is 1. The number of rotatable bonds is 5. The highest BCUT2D eigenvalue weighted by Crippen LogP contribution is 2.12. The van der Waals surface area contributed by atoms with Gasteiger partial charge in [-0.1, -0.05) is 12.1 Å². The lowest BCUT2D eigenvalue weighted by molar-refractivity contribution is -0.155. The number of ketones is 1. The van der Waals surface area contributed by atoms with E-state index in [1.807, 2.05) is 0 Å². The number of amides is 2. The first-order chi connectivity index (χ1) is 10.6. The van der Waals surface area contributed by atoms with Crippen molar-refractivity contribution in [3.05, 3.63) is 29.8 Å². The highest BCUT2D eigenvalue weighted by molar-refractivity contribution is 5.96. The van der Waals surface area contributed by atoms with Crippen LogP contribution in [0.4, 0.5) is 10.5 Å². The SMILES string of the molecule is CC(=O)c1cccc(NC(=O)NC(C)CC(=O)OC(C)(C)C)c1. The van der Waals surface area contributed by atoms with Crippen LogP contribution in [-0.2, 0) is 9.53 Å². The van der Waals surface area contributed by atoms with Crippen LogP contribution in [-0.4, -0.2) is 29.4 Å². The smallest absolute Gasteiger partial charge is 0.319 e. The van der Waals surface area contributed by atoms with E-state index in [9.17, 15) is 14.4 Å².